The summed E-state index contributed by atoms with van der Waals surface area (Å²) in [4.78, 5) is 21.1. The molecule has 0 bridgehead atoms. The maximum atomic E-state index is 12.7. The summed E-state index contributed by atoms with van der Waals surface area (Å²) in [6.45, 7) is 2.57. The molecule has 0 aromatic carbocycles. The van der Waals surface area contributed by atoms with Gasteiger partial charge in [-0.3, -0.25) is 4.79 Å². The van der Waals surface area contributed by atoms with Crippen molar-refractivity contribution in [2.45, 2.75) is 18.9 Å². The molecule has 0 radical (unpaired) electrons. The molecule has 110 valence electrons. The van der Waals surface area contributed by atoms with Crippen LogP contribution in [0.3, 0.4) is 0 Å². The van der Waals surface area contributed by atoms with Crippen molar-refractivity contribution < 1.29 is 4.79 Å². The molecular formula is C15H18N4OS. The molecule has 0 aliphatic carbocycles. The Hall–Kier alpha value is -1.74. The van der Waals surface area contributed by atoms with Gasteiger partial charge in [-0.2, -0.15) is 17.0 Å². The summed E-state index contributed by atoms with van der Waals surface area (Å²) >= 11 is 1.91. The van der Waals surface area contributed by atoms with Gasteiger partial charge in [-0.15, -0.1) is 0 Å². The van der Waals surface area contributed by atoms with Gasteiger partial charge in [0, 0.05) is 37.3 Å². The summed E-state index contributed by atoms with van der Waals surface area (Å²) in [5.41, 5.74) is 0.550. The number of anilines is 1. The molecule has 3 rings (SSSR count). The summed E-state index contributed by atoms with van der Waals surface area (Å²) < 4.78 is 0. The Morgan fingerprint density at radius 2 is 2.14 bits per heavy atom. The Bertz CT molecular complexity index is 548. The topological polar surface area (TPSA) is 60.2 Å². The predicted molar refractivity (Wildman–Crippen MR) is 83.2 cm³/mol. The van der Waals surface area contributed by atoms with Crippen LogP contribution in [0.25, 0.3) is 0 Å². The number of amides is 1. The highest BCUT2D eigenvalue weighted by atomic mass is 32.2. The van der Waals surface area contributed by atoms with Crippen LogP contribution < -0.4 is 4.90 Å². The molecule has 6 heteroatoms. The van der Waals surface area contributed by atoms with Crippen molar-refractivity contribution in [3.8, 4) is 6.07 Å². The molecule has 1 atom stereocenters. The van der Waals surface area contributed by atoms with Crippen molar-refractivity contribution in [2.75, 3.05) is 36.0 Å². The highest BCUT2D eigenvalue weighted by molar-refractivity contribution is 7.99. The fourth-order valence-electron chi connectivity index (χ4n) is 2.91. The molecule has 5 nitrogen and oxygen atoms in total. The van der Waals surface area contributed by atoms with Crippen LogP contribution in [-0.2, 0) is 4.79 Å². The third-order valence-electron chi connectivity index (χ3n) is 4.03. The van der Waals surface area contributed by atoms with Gasteiger partial charge < -0.3 is 9.80 Å². The first-order chi connectivity index (χ1) is 10.3. The summed E-state index contributed by atoms with van der Waals surface area (Å²) in [6.07, 6.45) is 3.48. The minimum atomic E-state index is -0.0893. The highest BCUT2D eigenvalue weighted by Crippen LogP contribution is 2.26. The Morgan fingerprint density at radius 3 is 2.81 bits per heavy atom. The van der Waals surface area contributed by atoms with Crippen LogP contribution in [0.5, 0.6) is 0 Å². The normalized spacial score (nSPS) is 22.1. The molecule has 2 aliphatic rings. The molecule has 0 spiro atoms. The van der Waals surface area contributed by atoms with Gasteiger partial charge >= 0.3 is 0 Å². The second kappa shape index (κ2) is 6.35. The van der Waals surface area contributed by atoms with Gasteiger partial charge in [0.15, 0.2) is 0 Å². The van der Waals surface area contributed by atoms with E-state index in [4.69, 9.17) is 5.26 Å². The van der Waals surface area contributed by atoms with E-state index in [2.05, 4.69) is 16.0 Å². The molecule has 0 saturated carbocycles. The molecule has 1 unspecified atom stereocenters. The lowest BCUT2D eigenvalue weighted by atomic mass is 10.2. The number of aromatic nitrogens is 1. The number of hydrogen-bond acceptors (Lipinski definition) is 5. The van der Waals surface area contributed by atoms with Gasteiger partial charge in [0.25, 0.3) is 0 Å². The summed E-state index contributed by atoms with van der Waals surface area (Å²) in [7, 11) is 0. The molecule has 0 N–H and O–H groups in total. The summed E-state index contributed by atoms with van der Waals surface area (Å²) in [6, 6.07) is 5.59. The number of nitrogens with zero attached hydrogens (tertiary/aromatic N) is 4. The standard InChI is InChI=1S/C15H18N4OS/c16-10-12-3-4-14(17-11-12)19-5-1-2-13(19)15(20)18-6-8-21-9-7-18/h3-4,11,13H,1-2,5-9H2. The van der Waals surface area contributed by atoms with Gasteiger partial charge in [0.2, 0.25) is 5.91 Å². The fraction of sp³-hybridized carbons (Fsp3) is 0.533. The molecule has 1 aromatic heterocycles. The number of carbonyl (C=O) groups excluding carboxylic acids is 1. The first kappa shape index (κ1) is 14.2. The molecule has 3 heterocycles. The number of nitriles is 1. The van der Waals surface area contributed by atoms with Crippen molar-refractivity contribution in [1.29, 1.82) is 5.26 Å². The van der Waals surface area contributed by atoms with Crippen LogP contribution in [0, 0.1) is 11.3 Å². The van der Waals surface area contributed by atoms with E-state index in [1.165, 1.54) is 0 Å². The van der Waals surface area contributed by atoms with Crippen molar-refractivity contribution >= 4 is 23.5 Å². The van der Waals surface area contributed by atoms with E-state index >= 15 is 0 Å². The zero-order valence-corrected chi connectivity index (χ0v) is 12.7. The van der Waals surface area contributed by atoms with E-state index in [0.717, 1.165) is 49.8 Å². The van der Waals surface area contributed by atoms with Gasteiger partial charge in [-0.05, 0) is 25.0 Å². The van der Waals surface area contributed by atoms with Crippen LogP contribution in [0.15, 0.2) is 18.3 Å². The number of carbonyl (C=O) groups is 1. The van der Waals surface area contributed by atoms with Crippen LogP contribution in [0.1, 0.15) is 18.4 Å². The Kier molecular flexibility index (Phi) is 4.30. The fourth-order valence-corrected chi connectivity index (χ4v) is 3.82. The van der Waals surface area contributed by atoms with E-state index in [0.29, 0.717) is 5.56 Å². The number of hydrogen-bond donors (Lipinski definition) is 0. The van der Waals surface area contributed by atoms with E-state index in [-0.39, 0.29) is 11.9 Å². The lowest BCUT2D eigenvalue weighted by Crippen LogP contribution is -2.48. The van der Waals surface area contributed by atoms with Gasteiger partial charge in [-0.1, -0.05) is 0 Å². The second-order valence-electron chi connectivity index (χ2n) is 5.31. The number of pyridine rings is 1. The van der Waals surface area contributed by atoms with Gasteiger partial charge in [0.05, 0.1) is 5.56 Å². The SMILES string of the molecule is N#Cc1ccc(N2CCCC2C(=O)N2CCSCC2)nc1. The lowest BCUT2D eigenvalue weighted by molar-refractivity contribution is -0.132. The van der Waals surface area contributed by atoms with E-state index in [1.54, 1.807) is 12.3 Å². The van der Waals surface area contributed by atoms with Crippen molar-refractivity contribution in [3.05, 3.63) is 23.9 Å². The van der Waals surface area contributed by atoms with Gasteiger partial charge in [0.1, 0.15) is 17.9 Å². The molecule has 2 fully saturated rings. The van der Waals surface area contributed by atoms with Crippen molar-refractivity contribution in [3.63, 3.8) is 0 Å². The van der Waals surface area contributed by atoms with Crippen LogP contribution in [0.4, 0.5) is 5.82 Å². The monoisotopic (exact) mass is 302 g/mol. The minimum Gasteiger partial charge on any atom is -0.345 e. The Morgan fingerprint density at radius 1 is 1.33 bits per heavy atom. The Labute approximate surface area is 128 Å². The number of thioether (sulfide) groups is 1. The van der Waals surface area contributed by atoms with E-state index < -0.39 is 0 Å². The zero-order chi connectivity index (χ0) is 14.7. The summed E-state index contributed by atoms with van der Waals surface area (Å²) in [5, 5.41) is 8.84. The molecule has 1 amide bonds. The molecular weight excluding hydrogens is 284 g/mol. The quantitative estimate of drug-likeness (QED) is 0.828. The van der Waals surface area contributed by atoms with Crippen LogP contribution in [-0.4, -0.2) is 53.0 Å². The highest BCUT2D eigenvalue weighted by Gasteiger charge is 2.34. The average molecular weight is 302 g/mol. The minimum absolute atomic E-state index is 0.0893. The van der Waals surface area contributed by atoms with Crippen LogP contribution >= 0.6 is 11.8 Å². The summed E-state index contributed by atoms with van der Waals surface area (Å²) in [5.74, 6) is 3.11. The van der Waals surface area contributed by atoms with E-state index in [1.807, 2.05) is 22.7 Å². The average Bonchev–Trinajstić information content (AvgIpc) is 3.04. The number of rotatable bonds is 2. The molecule has 1 aromatic rings. The van der Waals surface area contributed by atoms with E-state index in [9.17, 15) is 4.79 Å². The largest absolute Gasteiger partial charge is 0.345 e. The van der Waals surface area contributed by atoms with Crippen LogP contribution in [0.2, 0.25) is 0 Å². The maximum absolute atomic E-state index is 12.7. The first-order valence-corrected chi connectivity index (χ1v) is 8.44. The van der Waals surface area contributed by atoms with Crippen molar-refractivity contribution in [1.82, 2.24) is 9.88 Å². The molecule has 2 saturated heterocycles. The smallest absolute Gasteiger partial charge is 0.245 e. The predicted octanol–water partition coefficient (Wildman–Crippen LogP) is 1.50. The maximum Gasteiger partial charge on any atom is 0.245 e. The second-order valence-corrected chi connectivity index (χ2v) is 6.53. The Balaban J connectivity index is 1.75. The zero-order valence-electron chi connectivity index (χ0n) is 11.9. The third kappa shape index (κ3) is 2.98. The lowest BCUT2D eigenvalue weighted by Gasteiger charge is -2.32. The van der Waals surface area contributed by atoms with Crippen molar-refractivity contribution in [2.24, 2.45) is 0 Å². The molecule has 2 aliphatic heterocycles. The molecule has 21 heavy (non-hydrogen) atoms. The third-order valence-corrected chi connectivity index (χ3v) is 4.97. The first-order valence-electron chi connectivity index (χ1n) is 7.29. The van der Waals surface area contributed by atoms with Gasteiger partial charge in [-0.25, -0.2) is 4.98 Å².